The number of fused-ring (bicyclic) bond motifs is 1. The number of ether oxygens (including phenoxy) is 4. The van der Waals surface area contributed by atoms with Crippen LogP contribution in [0.2, 0.25) is 0 Å². The molecule has 158 valence electrons. The van der Waals surface area contributed by atoms with Crippen molar-refractivity contribution < 1.29 is 33.2 Å². The molecule has 2 aromatic rings. The van der Waals surface area contributed by atoms with Crippen LogP contribution in [0, 0.1) is 5.82 Å². The summed E-state index contributed by atoms with van der Waals surface area (Å²) in [6.07, 6.45) is 1.67. The van der Waals surface area contributed by atoms with Gasteiger partial charge >= 0.3 is 5.97 Å². The Morgan fingerprint density at radius 2 is 1.53 bits per heavy atom. The van der Waals surface area contributed by atoms with Gasteiger partial charge in [0, 0.05) is 0 Å². The van der Waals surface area contributed by atoms with Crippen molar-refractivity contribution in [1.29, 1.82) is 0 Å². The van der Waals surface area contributed by atoms with Crippen LogP contribution in [0.5, 0.6) is 23.0 Å². The van der Waals surface area contributed by atoms with Crippen LogP contribution >= 0.6 is 0 Å². The highest BCUT2D eigenvalue weighted by Crippen LogP contribution is 2.46. The van der Waals surface area contributed by atoms with E-state index >= 15 is 0 Å². The molecule has 3 rings (SSSR count). The smallest absolute Gasteiger partial charge is 0.307 e. The van der Waals surface area contributed by atoms with Gasteiger partial charge in [-0.15, -0.1) is 0 Å². The highest BCUT2D eigenvalue weighted by Gasteiger charge is 2.27. The molecule has 6 nitrogen and oxygen atoms in total. The van der Waals surface area contributed by atoms with Gasteiger partial charge < -0.3 is 24.1 Å². The molecule has 0 fully saturated rings. The summed E-state index contributed by atoms with van der Waals surface area (Å²) in [5, 5.41) is 9.36. The third-order valence-corrected chi connectivity index (χ3v) is 5.09. The Hall–Kier alpha value is -3.48. The van der Waals surface area contributed by atoms with Crippen molar-refractivity contribution in [2.75, 3.05) is 28.4 Å². The zero-order chi connectivity index (χ0) is 22.0. The fourth-order valence-electron chi connectivity index (χ4n) is 3.67. The molecular weight excluding hydrogens is 391 g/mol. The summed E-state index contributed by atoms with van der Waals surface area (Å²) in [5.41, 5.74) is 4.08. The van der Waals surface area contributed by atoms with E-state index in [1.807, 2.05) is 13.0 Å². The number of allylic oxidation sites excluding steroid dienone is 2. The van der Waals surface area contributed by atoms with Crippen molar-refractivity contribution in [2.24, 2.45) is 0 Å². The van der Waals surface area contributed by atoms with Crippen molar-refractivity contribution >= 4 is 23.2 Å². The van der Waals surface area contributed by atoms with Crippen molar-refractivity contribution in [2.45, 2.75) is 13.3 Å². The van der Waals surface area contributed by atoms with Crippen LogP contribution in [0.3, 0.4) is 0 Å². The number of benzene rings is 2. The molecule has 0 bridgehead atoms. The van der Waals surface area contributed by atoms with Crippen molar-refractivity contribution in [3.05, 3.63) is 52.3 Å². The van der Waals surface area contributed by atoms with Crippen LogP contribution in [0.4, 0.5) is 4.39 Å². The maximum atomic E-state index is 14.5. The lowest BCUT2D eigenvalue weighted by Gasteiger charge is -2.13. The second kappa shape index (κ2) is 8.49. The van der Waals surface area contributed by atoms with E-state index in [1.54, 1.807) is 18.2 Å². The number of carbonyl (C=O) groups is 1. The summed E-state index contributed by atoms with van der Waals surface area (Å²) in [7, 11) is 5.94. The predicted molar refractivity (Wildman–Crippen MR) is 112 cm³/mol. The lowest BCUT2D eigenvalue weighted by atomic mass is 9.99. The minimum absolute atomic E-state index is 0.0680. The van der Waals surface area contributed by atoms with Crippen LogP contribution in [-0.2, 0) is 4.79 Å². The number of carboxylic acid groups (broad SMARTS) is 1. The summed E-state index contributed by atoms with van der Waals surface area (Å²) in [6.45, 7) is 1.83. The van der Waals surface area contributed by atoms with Gasteiger partial charge in [0.25, 0.3) is 0 Å². The number of aliphatic carboxylic acids is 1. The van der Waals surface area contributed by atoms with Gasteiger partial charge in [0.2, 0.25) is 5.75 Å². The van der Waals surface area contributed by atoms with E-state index in [1.165, 1.54) is 34.5 Å². The van der Waals surface area contributed by atoms with Gasteiger partial charge in [-0.2, -0.15) is 0 Å². The normalized spacial score (nSPS) is 14.0. The molecular formula is C23H23FO6. The monoisotopic (exact) mass is 414 g/mol. The Morgan fingerprint density at radius 1 is 0.933 bits per heavy atom. The van der Waals surface area contributed by atoms with Gasteiger partial charge in [-0.3, -0.25) is 4.79 Å². The van der Waals surface area contributed by atoms with Gasteiger partial charge in [-0.25, -0.2) is 4.39 Å². The SMILES string of the molecule is COc1cc2c(cc1F)/C(=C/c1cc(OC)c(OC)c(OC)c1)C(C)=C2CC(=O)O. The van der Waals surface area contributed by atoms with E-state index in [0.29, 0.717) is 33.9 Å². The van der Waals surface area contributed by atoms with E-state index < -0.39 is 11.8 Å². The third kappa shape index (κ3) is 3.70. The first-order valence-electron chi connectivity index (χ1n) is 9.16. The second-order valence-electron chi connectivity index (χ2n) is 6.72. The summed E-state index contributed by atoms with van der Waals surface area (Å²) in [5.74, 6) is 0.0107. The summed E-state index contributed by atoms with van der Waals surface area (Å²) in [4.78, 5) is 11.4. The van der Waals surface area contributed by atoms with E-state index in [9.17, 15) is 14.3 Å². The predicted octanol–water partition coefficient (Wildman–Crippen LogP) is 4.66. The molecule has 0 saturated heterocycles. The second-order valence-corrected chi connectivity index (χ2v) is 6.72. The molecule has 0 aliphatic heterocycles. The Labute approximate surface area is 174 Å². The van der Waals surface area contributed by atoms with Crippen LogP contribution in [0.15, 0.2) is 29.8 Å². The molecule has 0 heterocycles. The van der Waals surface area contributed by atoms with Crippen LogP contribution in [0.25, 0.3) is 17.2 Å². The Kier molecular flexibility index (Phi) is 6.01. The topological polar surface area (TPSA) is 74.2 Å². The van der Waals surface area contributed by atoms with E-state index in [2.05, 4.69) is 0 Å². The Balaban J connectivity index is 2.23. The molecule has 0 amide bonds. The van der Waals surface area contributed by atoms with Gasteiger partial charge in [0.05, 0.1) is 34.9 Å². The number of halogens is 1. The van der Waals surface area contributed by atoms with E-state index in [0.717, 1.165) is 16.7 Å². The van der Waals surface area contributed by atoms with E-state index in [4.69, 9.17) is 18.9 Å². The molecule has 1 aliphatic carbocycles. The summed E-state index contributed by atoms with van der Waals surface area (Å²) in [6, 6.07) is 6.46. The summed E-state index contributed by atoms with van der Waals surface area (Å²) < 4.78 is 35.7. The van der Waals surface area contributed by atoms with Gasteiger partial charge in [0.1, 0.15) is 0 Å². The molecule has 0 radical (unpaired) electrons. The minimum atomic E-state index is -0.965. The van der Waals surface area contributed by atoms with E-state index in [-0.39, 0.29) is 12.2 Å². The fraction of sp³-hybridized carbons (Fsp3) is 0.261. The average Bonchev–Trinajstić information content (AvgIpc) is 2.96. The van der Waals surface area contributed by atoms with Crippen LogP contribution in [-0.4, -0.2) is 39.5 Å². The standard InChI is InChI=1S/C23H23FO6/c1-12-14(6-13-7-20(28-3)23(30-5)21(8-13)29-4)16-9-18(24)19(27-2)10-17(16)15(12)11-22(25)26/h6-10H,11H2,1-5H3,(H,25,26)/b14-6+. The maximum absolute atomic E-state index is 14.5. The maximum Gasteiger partial charge on any atom is 0.307 e. The molecule has 0 unspecified atom stereocenters. The van der Waals surface area contributed by atoms with Crippen LogP contribution in [0.1, 0.15) is 30.0 Å². The van der Waals surface area contributed by atoms with Crippen molar-refractivity contribution in [1.82, 2.24) is 0 Å². The number of methoxy groups -OCH3 is 4. The van der Waals surface area contributed by atoms with Crippen molar-refractivity contribution in [3.8, 4) is 23.0 Å². The molecule has 0 atom stereocenters. The number of hydrogen-bond acceptors (Lipinski definition) is 5. The quantitative estimate of drug-likeness (QED) is 0.710. The lowest BCUT2D eigenvalue weighted by molar-refractivity contribution is -0.135. The zero-order valence-electron chi connectivity index (χ0n) is 17.5. The molecule has 0 saturated carbocycles. The lowest BCUT2D eigenvalue weighted by Crippen LogP contribution is -1.98. The zero-order valence-corrected chi connectivity index (χ0v) is 17.5. The Bertz CT molecular complexity index is 1040. The number of rotatable bonds is 7. The van der Waals surface area contributed by atoms with Crippen LogP contribution < -0.4 is 18.9 Å². The molecule has 0 aromatic heterocycles. The molecule has 7 heteroatoms. The molecule has 1 N–H and O–H groups in total. The highest BCUT2D eigenvalue weighted by molar-refractivity contribution is 6.07. The third-order valence-electron chi connectivity index (χ3n) is 5.09. The summed E-state index contributed by atoms with van der Waals surface area (Å²) >= 11 is 0. The first kappa shape index (κ1) is 21.2. The Morgan fingerprint density at radius 3 is 2.03 bits per heavy atom. The number of hydrogen-bond donors (Lipinski definition) is 1. The van der Waals surface area contributed by atoms with Gasteiger partial charge in [-0.05, 0) is 70.7 Å². The largest absolute Gasteiger partial charge is 0.494 e. The molecule has 0 spiro atoms. The number of carboxylic acids is 1. The fourth-order valence-corrected chi connectivity index (χ4v) is 3.67. The minimum Gasteiger partial charge on any atom is -0.494 e. The van der Waals surface area contributed by atoms with Crippen molar-refractivity contribution in [3.63, 3.8) is 0 Å². The highest BCUT2D eigenvalue weighted by atomic mass is 19.1. The molecule has 1 aliphatic rings. The molecule has 30 heavy (non-hydrogen) atoms. The molecule has 2 aromatic carbocycles. The van der Waals surface area contributed by atoms with Gasteiger partial charge in [-0.1, -0.05) is 0 Å². The first-order chi connectivity index (χ1) is 14.3. The average molecular weight is 414 g/mol. The first-order valence-corrected chi connectivity index (χ1v) is 9.16. The van der Waals surface area contributed by atoms with Gasteiger partial charge in [0.15, 0.2) is 23.1 Å².